The SMILES string of the molecule is Clc1nnc(-c2ccccc2)n1CCc1ccccc1. The first-order valence-corrected chi connectivity index (χ1v) is 6.90. The molecule has 0 N–H and O–H groups in total. The molecular weight excluding hydrogens is 270 g/mol. The van der Waals surface area contributed by atoms with E-state index in [0.717, 1.165) is 24.4 Å². The van der Waals surface area contributed by atoms with Gasteiger partial charge in [0.15, 0.2) is 5.82 Å². The molecule has 0 aliphatic heterocycles. The summed E-state index contributed by atoms with van der Waals surface area (Å²) in [6.07, 6.45) is 0.901. The summed E-state index contributed by atoms with van der Waals surface area (Å²) >= 11 is 6.15. The minimum Gasteiger partial charge on any atom is -0.297 e. The van der Waals surface area contributed by atoms with E-state index in [9.17, 15) is 0 Å². The smallest absolute Gasteiger partial charge is 0.225 e. The summed E-state index contributed by atoms with van der Waals surface area (Å²) in [5.41, 5.74) is 2.30. The van der Waals surface area contributed by atoms with Gasteiger partial charge < -0.3 is 0 Å². The second-order valence-corrected chi connectivity index (χ2v) is 4.88. The van der Waals surface area contributed by atoms with Crippen LogP contribution in [0.2, 0.25) is 5.28 Å². The Morgan fingerprint density at radius 1 is 0.850 bits per heavy atom. The minimum atomic E-state index is 0.430. The van der Waals surface area contributed by atoms with Gasteiger partial charge in [-0.1, -0.05) is 60.7 Å². The third kappa shape index (κ3) is 2.73. The van der Waals surface area contributed by atoms with Gasteiger partial charge in [-0.15, -0.1) is 10.2 Å². The Balaban J connectivity index is 1.85. The number of benzene rings is 2. The maximum atomic E-state index is 6.15. The van der Waals surface area contributed by atoms with E-state index in [1.807, 2.05) is 53.1 Å². The maximum absolute atomic E-state index is 6.15. The van der Waals surface area contributed by atoms with Crippen LogP contribution in [0.4, 0.5) is 0 Å². The molecular formula is C16H14ClN3. The molecule has 3 nitrogen and oxygen atoms in total. The molecule has 0 saturated heterocycles. The highest BCUT2D eigenvalue weighted by Gasteiger charge is 2.11. The molecule has 0 saturated carbocycles. The Morgan fingerprint density at radius 2 is 1.50 bits per heavy atom. The zero-order chi connectivity index (χ0) is 13.8. The van der Waals surface area contributed by atoms with E-state index in [0.29, 0.717) is 5.28 Å². The van der Waals surface area contributed by atoms with Crippen LogP contribution in [0.3, 0.4) is 0 Å². The molecule has 0 atom stereocenters. The number of hydrogen-bond acceptors (Lipinski definition) is 2. The van der Waals surface area contributed by atoms with Crippen molar-refractivity contribution in [3.8, 4) is 11.4 Å². The summed E-state index contributed by atoms with van der Waals surface area (Å²) in [4.78, 5) is 0. The molecule has 3 aromatic rings. The van der Waals surface area contributed by atoms with Crippen molar-refractivity contribution in [3.05, 3.63) is 71.5 Å². The third-order valence-electron chi connectivity index (χ3n) is 3.20. The van der Waals surface area contributed by atoms with Crippen molar-refractivity contribution in [1.29, 1.82) is 0 Å². The molecule has 20 heavy (non-hydrogen) atoms. The minimum absolute atomic E-state index is 0.430. The number of rotatable bonds is 4. The molecule has 0 amide bonds. The molecule has 0 bridgehead atoms. The Morgan fingerprint density at radius 3 is 2.20 bits per heavy atom. The Hall–Kier alpha value is -2.13. The van der Waals surface area contributed by atoms with Crippen molar-refractivity contribution in [2.75, 3.05) is 0 Å². The van der Waals surface area contributed by atoms with Gasteiger partial charge in [-0.25, -0.2) is 0 Å². The van der Waals surface area contributed by atoms with Crippen molar-refractivity contribution in [1.82, 2.24) is 14.8 Å². The monoisotopic (exact) mass is 283 g/mol. The molecule has 1 aromatic heterocycles. The van der Waals surface area contributed by atoms with Crippen molar-refractivity contribution in [3.63, 3.8) is 0 Å². The number of halogens is 1. The highest BCUT2D eigenvalue weighted by molar-refractivity contribution is 6.28. The Labute approximate surface area is 122 Å². The van der Waals surface area contributed by atoms with Crippen LogP contribution in [-0.4, -0.2) is 14.8 Å². The maximum Gasteiger partial charge on any atom is 0.225 e. The molecule has 0 fully saturated rings. The summed E-state index contributed by atoms with van der Waals surface area (Å²) in [5.74, 6) is 0.812. The summed E-state index contributed by atoms with van der Waals surface area (Å²) < 4.78 is 1.95. The quantitative estimate of drug-likeness (QED) is 0.728. The van der Waals surface area contributed by atoms with E-state index in [1.165, 1.54) is 5.56 Å². The van der Waals surface area contributed by atoms with Crippen molar-refractivity contribution in [2.45, 2.75) is 13.0 Å². The second kappa shape index (κ2) is 5.88. The summed E-state index contributed by atoms with van der Waals surface area (Å²) in [5, 5.41) is 8.59. The van der Waals surface area contributed by atoms with E-state index in [2.05, 4.69) is 22.3 Å². The fourth-order valence-electron chi connectivity index (χ4n) is 2.17. The molecule has 0 aliphatic rings. The molecule has 0 aliphatic carbocycles. The van der Waals surface area contributed by atoms with Crippen LogP contribution >= 0.6 is 11.6 Å². The average molecular weight is 284 g/mol. The molecule has 4 heteroatoms. The van der Waals surface area contributed by atoms with E-state index < -0.39 is 0 Å². The van der Waals surface area contributed by atoms with E-state index in [4.69, 9.17) is 11.6 Å². The van der Waals surface area contributed by atoms with Gasteiger partial charge in [-0.3, -0.25) is 4.57 Å². The van der Waals surface area contributed by atoms with Crippen LogP contribution in [0, 0.1) is 0 Å². The normalized spacial score (nSPS) is 10.7. The van der Waals surface area contributed by atoms with Crippen LogP contribution < -0.4 is 0 Å². The van der Waals surface area contributed by atoms with Crippen molar-refractivity contribution < 1.29 is 0 Å². The van der Waals surface area contributed by atoms with Gasteiger partial charge in [-0.2, -0.15) is 0 Å². The van der Waals surface area contributed by atoms with Gasteiger partial charge >= 0.3 is 0 Å². The first-order valence-electron chi connectivity index (χ1n) is 6.52. The molecule has 0 radical (unpaired) electrons. The highest BCUT2D eigenvalue weighted by Crippen LogP contribution is 2.20. The lowest BCUT2D eigenvalue weighted by Gasteiger charge is -2.08. The number of hydrogen-bond donors (Lipinski definition) is 0. The first-order chi connectivity index (χ1) is 9.84. The van der Waals surface area contributed by atoms with Gasteiger partial charge in [0.2, 0.25) is 5.28 Å². The van der Waals surface area contributed by atoms with Crippen molar-refractivity contribution in [2.24, 2.45) is 0 Å². The fraction of sp³-hybridized carbons (Fsp3) is 0.125. The van der Waals surface area contributed by atoms with Gasteiger partial charge in [-0.05, 0) is 23.6 Å². The summed E-state index contributed by atoms with van der Waals surface area (Å²) in [6.45, 7) is 0.764. The van der Waals surface area contributed by atoms with Gasteiger partial charge in [0.1, 0.15) is 0 Å². The van der Waals surface area contributed by atoms with Gasteiger partial charge in [0.05, 0.1) is 0 Å². The lowest BCUT2D eigenvalue weighted by Crippen LogP contribution is -2.04. The topological polar surface area (TPSA) is 30.7 Å². The fourth-order valence-corrected chi connectivity index (χ4v) is 2.37. The standard InChI is InChI=1S/C16H14ClN3/c17-16-19-18-15(14-9-5-2-6-10-14)20(16)12-11-13-7-3-1-4-8-13/h1-10H,11-12H2. The molecule has 0 spiro atoms. The predicted octanol–water partition coefficient (Wildman–Crippen LogP) is 3.84. The highest BCUT2D eigenvalue weighted by atomic mass is 35.5. The second-order valence-electron chi connectivity index (χ2n) is 4.55. The average Bonchev–Trinajstić information content (AvgIpc) is 2.88. The molecule has 1 heterocycles. The predicted molar refractivity (Wildman–Crippen MR) is 80.6 cm³/mol. The third-order valence-corrected chi connectivity index (χ3v) is 3.48. The Bertz CT molecular complexity index is 677. The van der Waals surface area contributed by atoms with Crippen LogP contribution in [0.1, 0.15) is 5.56 Å². The number of aromatic nitrogens is 3. The lowest BCUT2D eigenvalue weighted by atomic mass is 10.1. The zero-order valence-electron chi connectivity index (χ0n) is 10.9. The zero-order valence-corrected chi connectivity index (χ0v) is 11.7. The van der Waals surface area contributed by atoms with Gasteiger partial charge in [0, 0.05) is 12.1 Å². The van der Waals surface area contributed by atoms with E-state index in [1.54, 1.807) is 0 Å². The molecule has 3 rings (SSSR count). The van der Waals surface area contributed by atoms with Crippen molar-refractivity contribution >= 4 is 11.6 Å². The number of nitrogens with zero attached hydrogens (tertiary/aromatic N) is 3. The summed E-state index contributed by atoms with van der Waals surface area (Å²) in [7, 11) is 0. The van der Waals surface area contributed by atoms with E-state index in [-0.39, 0.29) is 0 Å². The van der Waals surface area contributed by atoms with Gasteiger partial charge in [0.25, 0.3) is 0 Å². The molecule has 100 valence electrons. The first kappa shape index (κ1) is 12.9. The van der Waals surface area contributed by atoms with Crippen LogP contribution in [-0.2, 0) is 13.0 Å². The molecule has 2 aromatic carbocycles. The molecule has 0 unspecified atom stereocenters. The lowest BCUT2D eigenvalue weighted by molar-refractivity contribution is 0.701. The number of aryl methyl sites for hydroxylation is 1. The van der Waals surface area contributed by atoms with Crippen LogP contribution in [0.15, 0.2) is 60.7 Å². The Kier molecular flexibility index (Phi) is 3.79. The van der Waals surface area contributed by atoms with Crippen LogP contribution in [0.5, 0.6) is 0 Å². The summed E-state index contributed by atoms with van der Waals surface area (Å²) in [6, 6.07) is 20.3. The largest absolute Gasteiger partial charge is 0.297 e. The van der Waals surface area contributed by atoms with E-state index >= 15 is 0 Å². The van der Waals surface area contributed by atoms with Crippen LogP contribution in [0.25, 0.3) is 11.4 Å².